The highest BCUT2D eigenvalue weighted by Gasteiger charge is 2.14. The quantitative estimate of drug-likeness (QED) is 0.723. The zero-order chi connectivity index (χ0) is 14.8. The molecule has 0 saturated carbocycles. The third kappa shape index (κ3) is 3.31. The average molecular weight is 385 g/mol. The van der Waals surface area contributed by atoms with Gasteiger partial charge in [0.05, 0.1) is 9.21 Å². The van der Waals surface area contributed by atoms with Crippen LogP contribution in [0.15, 0.2) is 45.3 Å². The average Bonchev–Trinajstić information content (AvgIpc) is 3.07. The van der Waals surface area contributed by atoms with Crippen LogP contribution >= 0.6 is 38.9 Å². The predicted octanol–water partition coefficient (Wildman–Crippen LogP) is 4.47. The Bertz CT molecular complexity index is 802. The summed E-state index contributed by atoms with van der Waals surface area (Å²) >= 11 is 10.5. The molecular weight excluding hydrogens is 378 g/mol. The van der Waals surface area contributed by atoms with Crippen molar-refractivity contribution in [2.75, 3.05) is 5.32 Å². The number of amides is 1. The zero-order valence-corrected chi connectivity index (χ0v) is 13.5. The van der Waals surface area contributed by atoms with Crippen LogP contribution in [0.5, 0.6) is 0 Å². The minimum absolute atomic E-state index is 0.0412. The van der Waals surface area contributed by atoms with Gasteiger partial charge in [-0.15, -0.1) is 16.4 Å². The topological polar surface area (TPSA) is 68.0 Å². The summed E-state index contributed by atoms with van der Waals surface area (Å²) in [5.41, 5.74) is 0.489. The summed E-state index contributed by atoms with van der Waals surface area (Å²) in [5.74, 6) is -0.00726. The van der Waals surface area contributed by atoms with E-state index in [0.717, 1.165) is 9.35 Å². The number of carbonyl (C=O) groups is 1. The molecule has 3 rings (SSSR count). The van der Waals surface area contributed by atoms with Crippen LogP contribution in [0.2, 0.25) is 4.34 Å². The Labute approximate surface area is 137 Å². The van der Waals surface area contributed by atoms with Gasteiger partial charge in [-0.2, -0.15) is 0 Å². The van der Waals surface area contributed by atoms with Crippen LogP contribution in [0.4, 0.5) is 6.01 Å². The first-order valence-electron chi connectivity index (χ1n) is 5.78. The van der Waals surface area contributed by atoms with Gasteiger partial charge >= 0.3 is 6.01 Å². The summed E-state index contributed by atoms with van der Waals surface area (Å²) < 4.78 is 6.83. The van der Waals surface area contributed by atoms with Crippen molar-refractivity contribution in [3.63, 3.8) is 0 Å². The van der Waals surface area contributed by atoms with Crippen molar-refractivity contribution in [3.05, 3.63) is 50.8 Å². The number of rotatable bonds is 3. The van der Waals surface area contributed by atoms with Gasteiger partial charge in [-0.3, -0.25) is 10.1 Å². The van der Waals surface area contributed by atoms with Crippen LogP contribution < -0.4 is 5.32 Å². The minimum atomic E-state index is -0.323. The lowest BCUT2D eigenvalue weighted by Crippen LogP contribution is -2.11. The van der Waals surface area contributed by atoms with E-state index in [1.54, 1.807) is 30.3 Å². The van der Waals surface area contributed by atoms with E-state index in [2.05, 4.69) is 31.4 Å². The molecule has 21 heavy (non-hydrogen) atoms. The van der Waals surface area contributed by atoms with E-state index < -0.39 is 0 Å². The molecule has 0 bridgehead atoms. The van der Waals surface area contributed by atoms with E-state index in [9.17, 15) is 4.79 Å². The largest absolute Gasteiger partial charge is 0.402 e. The van der Waals surface area contributed by atoms with Crippen molar-refractivity contribution in [2.45, 2.75) is 0 Å². The highest BCUT2D eigenvalue weighted by atomic mass is 79.9. The molecule has 5 nitrogen and oxygen atoms in total. The second-order valence-corrected chi connectivity index (χ2v) is 6.61. The molecule has 0 fully saturated rings. The Morgan fingerprint density at radius 1 is 1.29 bits per heavy atom. The molecule has 0 radical (unpaired) electrons. The van der Waals surface area contributed by atoms with Crippen molar-refractivity contribution in [3.8, 4) is 10.8 Å². The maximum absolute atomic E-state index is 12.0. The molecular formula is C13H7BrClN3O2S. The molecule has 2 aromatic heterocycles. The maximum Gasteiger partial charge on any atom is 0.322 e. The van der Waals surface area contributed by atoms with Crippen LogP contribution in [0.25, 0.3) is 10.8 Å². The van der Waals surface area contributed by atoms with Crippen molar-refractivity contribution in [1.29, 1.82) is 0 Å². The summed E-state index contributed by atoms with van der Waals surface area (Å²) in [7, 11) is 0. The van der Waals surface area contributed by atoms with Crippen molar-refractivity contribution in [2.24, 2.45) is 0 Å². The number of benzene rings is 1. The normalized spacial score (nSPS) is 10.6. The molecule has 2 heterocycles. The standard InChI is InChI=1S/C13H7BrClN3O2S/c14-8-3-1-2-7(6-8)11(19)16-13-18-17-12(20-13)9-4-5-10(15)21-9/h1-6H,(H,16,18,19). The Hall–Kier alpha value is -1.70. The van der Waals surface area contributed by atoms with Crippen LogP contribution in [-0.2, 0) is 0 Å². The highest BCUT2D eigenvalue weighted by molar-refractivity contribution is 9.10. The molecule has 0 atom stereocenters. The van der Waals surface area contributed by atoms with Gasteiger partial charge in [0.15, 0.2) is 0 Å². The summed E-state index contributed by atoms with van der Waals surface area (Å²) in [6, 6.07) is 10.6. The van der Waals surface area contributed by atoms with Crippen molar-refractivity contribution >= 4 is 50.8 Å². The molecule has 0 spiro atoms. The summed E-state index contributed by atoms with van der Waals surface area (Å²) in [6.07, 6.45) is 0. The van der Waals surface area contributed by atoms with Gasteiger partial charge in [0.25, 0.3) is 11.8 Å². The number of thiophene rings is 1. The van der Waals surface area contributed by atoms with Gasteiger partial charge in [-0.05, 0) is 30.3 Å². The summed E-state index contributed by atoms with van der Waals surface area (Å²) in [5, 5.41) is 10.2. The number of hydrogen-bond donors (Lipinski definition) is 1. The number of hydrogen-bond acceptors (Lipinski definition) is 5. The van der Waals surface area contributed by atoms with Gasteiger partial charge in [0, 0.05) is 10.0 Å². The SMILES string of the molecule is O=C(Nc1nnc(-c2ccc(Cl)s2)o1)c1cccc(Br)c1. The highest BCUT2D eigenvalue weighted by Crippen LogP contribution is 2.30. The molecule has 0 saturated heterocycles. The fraction of sp³-hybridized carbons (Fsp3) is 0. The smallest absolute Gasteiger partial charge is 0.322 e. The summed E-state index contributed by atoms with van der Waals surface area (Å²) in [6.45, 7) is 0. The van der Waals surface area contributed by atoms with Gasteiger partial charge in [0.1, 0.15) is 0 Å². The second kappa shape index (κ2) is 5.97. The van der Waals surface area contributed by atoms with Crippen LogP contribution in [0.3, 0.4) is 0 Å². The molecule has 0 unspecified atom stereocenters. The van der Waals surface area contributed by atoms with Gasteiger partial charge in [-0.25, -0.2) is 0 Å². The Morgan fingerprint density at radius 3 is 2.86 bits per heavy atom. The zero-order valence-electron chi connectivity index (χ0n) is 10.3. The molecule has 1 N–H and O–H groups in total. The lowest BCUT2D eigenvalue weighted by Gasteiger charge is -2.00. The van der Waals surface area contributed by atoms with Gasteiger partial charge < -0.3 is 4.42 Å². The van der Waals surface area contributed by atoms with Crippen LogP contribution in [-0.4, -0.2) is 16.1 Å². The number of nitrogens with one attached hydrogen (secondary N) is 1. The fourth-order valence-electron chi connectivity index (χ4n) is 1.60. The first kappa shape index (κ1) is 14.2. The van der Waals surface area contributed by atoms with E-state index in [1.807, 2.05) is 6.07 Å². The monoisotopic (exact) mass is 383 g/mol. The number of anilines is 1. The number of nitrogens with zero attached hydrogens (tertiary/aromatic N) is 2. The van der Waals surface area contributed by atoms with E-state index in [0.29, 0.717) is 15.8 Å². The first-order chi connectivity index (χ1) is 10.1. The van der Waals surface area contributed by atoms with E-state index in [-0.39, 0.29) is 11.9 Å². The second-order valence-electron chi connectivity index (χ2n) is 3.98. The molecule has 106 valence electrons. The third-order valence-corrected chi connectivity index (χ3v) is 4.23. The van der Waals surface area contributed by atoms with Crippen LogP contribution in [0.1, 0.15) is 10.4 Å². The summed E-state index contributed by atoms with van der Waals surface area (Å²) in [4.78, 5) is 12.8. The van der Waals surface area contributed by atoms with E-state index in [4.69, 9.17) is 16.0 Å². The number of halogens is 2. The molecule has 0 aliphatic carbocycles. The molecule has 8 heteroatoms. The molecule has 0 aliphatic heterocycles. The lowest BCUT2D eigenvalue weighted by atomic mass is 10.2. The third-order valence-electron chi connectivity index (χ3n) is 2.52. The first-order valence-corrected chi connectivity index (χ1v) is 7.77. The number of carbonyl (C=O) groups excluding carboxylic acids is 1. The Kier molecular flexibility index (Phi) is 4.05. The minimum Gasteiger partial charge on any atom is -0.402 e. The van der Waals surface area contributed by atoms with E-state index in [1.165, 1.54) is 11.3 Å². The molecule has 0 aliphatic rings. The Morgan fingerprint density at radius 2 is 2.14 bits per heavy atom. The fourth-order valence-corrected chi connectivity index (χ4v) is 2.97. The molecule has 1 amide bonds. The van der Waals surface area contributed by atoms with E-state index >= 15 is 0 Å². The van der Waals surface area contributed by atoms with Crippen molar-refractivity contribution in [1.82, 2.24) is 10.2 Å². The number of aromatic nitrogens is 2. The molecule has 1 aromatic carbocycles. The predicted molar refractivity (Wildman–Crippen MR) is 84.7 cm³/mol. The van der Waals surface area contributed by atoms with Crippen molar-refractivity contribution < 1.29 is 9.21 Å². The van der Waals surface area contributed by atoms with Crippen LogP contribution in [0, 0.1) is 0 Å². The molecule has 3 aromatic rings. The van der Waals surface area contributed by atoms with Gasteiger partial charge in [0.2, 0.25) is 0 Å². The Balaban J connectivity index is 1.77. The lowest BCUT2D eigenvalue weighted by molar-refractivity contribution is 0.102. The maximum atomic E-state index is 12.0. The van der Waals surface area contributed by atoms with Gasteiger partial charge in [-0.1, -0.05) is 38.7 Å².